The molecule has 0 aliphatic heterocycles. The molecule has 1 aliphatic carbocycles. The molecule has 0 saturated heterocycles. The zero-order chi connectivity index (χ0) is 10.8. The van der Waals surface area contributed by atoms with E-state index in [-0.39, 0.29) is 5.25 Å². The molecule has 0 bridgehead atoms. The van der Waals surface area contributed by atoms with Gasteiger partial charge in [-0.2, -0.15) is 0 Å². The van der Waals surface area contributed by atoms with Gasteiger partial charge in [-0.05, 0) is 37.3 Å². The molecule has 1 aromatic rings. The predicted molar refractivity (Wildman–Crippen MR) is 61.2 cm³/mol. The van der Waals surface area contributed by atoms with E-state index in [1.165, 1.54) is 11.8 Å². The summed E-state index contributed by atoms with van der Waals surface area (Å²) in [6, 6.07) is 7.96. The number of benzene rings is 1. The monoisotopic (exact) mass is 222 g/mol. The third-order valence-corrected chi connectivity index (χ3v) is 4.19. The highest BCUT2D eigenvalue weighted by Gasteiger charge is 2.37. The summed E-state index contributed by atoms with van der Waals surface area (Å²) in [5.41, 5.74) is 1.16. The first-order valence-corrected chi connectivity index (χ1v) is 6.01. The molecule has 15 heavy (non-hydrogen) atoms. The smallest absolute Gasteiger partial charge is 0.317 e. The van der Waals surface area contributed by atoms with E-state index in [2.05, 4.69) is 0 Å². The van der Waals surface area contributed by atoms with Crippen molar-refractivity contribution in [3.05, 3.63) is 29.8 Å². The fraction of sp³-hybridized carbons (Fsp3) is 0.417. The van der Waals surface area contributed by atoms with Crippen LogP contribution in [0.1, 0.15) is 18.4 Å². The van der Waals surface area contributed by atoms with E-state index in [0.717, 1.165) is 23.3 Å². The summed E-state index contributed by atoms with van der Waals surface area (Å²) in [7, 11) is 0. The standard InChI is InChI=1S/C12H14O2S/c1-8-4-2-3-5-10(8)15-11(12(13)14)9-6-7-9/h2-5,9,11H,6-7H2,1H3,(H,13,14). The maximum atomic E-state index is 11.1. The van der Waals surface area contributed by atoms with Gasteiger partial charge in [0, 0.05) is 4.90 Å². The number of thioether (sulfide) groups is 1. The Morgan fingerprint density at radius 2 is 2.13 bits per heavy atom. The second-order valence-electron chi connectivity index (χ2n) is 3.98. The van der Waals surface area contributed by atoms with Crippen LogP contribution in [0.3, 0.4) is 0 Å². The van der Waals surface area contributed by atoms with E-state index in [4.69, 9.17) is 5.11 Å². The molecule has 0 heterocycles. The topological polar surface area (TPSA) is 37.3 Å². The van der Waals surface area contributed by atoms with Gasteiger partial charge in [-0.1, -0.05) is 18.2 Å². The van der Waals surface area contributed by atoms with Crippen LogP contribution in [0, 0.1) is 12.8 Å². The molecule has 2 nitrogen and oxygen atoms in total. The Morgan fingerprint density at radius 1 is 1.47 bits per heavy atom. The molecule has 0 spiro atoms. The summed E-state index contributed by atoms with van der Waals surface area (Å²) in [5, 5.41) is 8.86. The summed E-state index contributed by atoms with van der Waals surface area (Å²) in [6.45, 7) is 2.02. The Hall–Kier alpha value is -0.960. The van der Waals surface area contributed by atoms with Crippen molar-refractivity contribution in [3.63, 3.8) is 0 Å². The van der Waals surface area contributed by atoms with Gasteiger partial charge in [-0.25, -0.2) is 0 Å². The molecule has 2 rings (SSSR count). The van der Waals surface area contributed by atoms with Crippen molar-refractivity contribution in [2.24, 2.45) is 5.92 Å². The van der Waals surface area contributed by atoms with E-state index in [9.17, 15) is 4.79 Å². The van der Waals surface area contributed by atoms with Gasteiger partial charge in [0.05, 0.1) is 0 Å². The van der Waals surface area contributed by atoms with Crippen molar-refractivity contribution in [2.45, 2.75) is 29.9 Å². The van der Waals surface area contributed by atoms with Crippen LogP contribution in [0.25, 0.3) is 0 Å². The van der Waals surface area contributed by atoms with E-state index in [1.807, 2.05) is 31.2 Å². The van der Waals surface area contributed by atoms with Crippen LogP contribution in [0.2, 0.25) is 0 Å². The average Bonchev–Trinajstić information content (AvgIpc) is 2.99. The minimum atomic E-state index is -0.675. The van der Waals surface area contributed by atoms with Gasteiger partial charge in [-0.3, -0.25) is 4.79 Å². The normalized spacial score (nSPS) is 17.4. The van der Waals surface area contributed by atoms with Crippen molar-refractivity contribution in [1.82, 2.24) is 0 Å². The molecule has 1 atom stereocenters. The van der Waals surface area contributed by atoms with Gasteiger partial charge < -0.3 is 5.11 Å². The quantitative estimate of drug-likeness (QED) is 0.796. The maximum absolute atomic E-state index is 11.1. The Balaban J connectivity index is 2.12. The van der Waals surface area contributed by atoms with Crippen LogP contribution in [-0.4, -0.2) is 16.3 Å². The molecule has 0 radical (unpaired) electrons. The summed E-state index contributed by atoms with van der Waals surface area (Å²) in [4.78, 5) is 12.2. The molecule has 1 aliphatic rings. The molecule has 1 saturated carbocycles. The van der Waals surface area contributed by atoms with Crippen LogP contribution in [0.15, 0.2) is 29.2 Å². The van der Waals surface area contributed by atoms with E-state index < -0.39 is 5.97 Å². The summed E-state index contributed by atoms with van der Waals surface area (Å²) >= 11 is 1.49. The lowest BCUT2D eigenvalue weighted by Crippen LogP contribution is -2.18. The number of carbonyl (C=O) groups is 1. The van der Waals surface area contributed by atoms with Crippen LogP contribution in [0.5, 0.6) is 0 Å². The highest BCUT2D eigenvalue weighted by Crippen LogP contribution is 2.42. The fourth-order valence-electron chi connectivity index (χ4n) is 1.57. The lowest BCUT2D eigenvalue weighted by Gasteiger charge is -2.12. The lowest BCUT2D eigenvalue weighted by atomic mass is 10.2. The van der Waals surface area contributed by atoms with Crippen LogP contribution in [-0.2, 0) is 4.79 Å². The van der Waals surface area contributed by atoms with Crippen LogP contribution >= 0.6 is 11.8 Å². The third kappa shape index (κ3) is 2.53. The number of rotatable bonds is 4. The number of aliphatic carboxylic acids is 1. The second kappa shape index (κ2) is 4.27. The minimum absolute atomic E-state index is 0.258. The number of hydrogen-bond acceptors (Lipinski definition) is 2. The summed E-state index contributed by atoms with van der Waals surface area (Å²) in [6.07, 6.45) is 2.13. The molecule has 3 heteroatoms. The first-order valence-electron chi connectivity index (χ1n) is 5.13. The zero-order valence-electron chi connectivity index (χ0n) is 8.64. The van der Waals surface area contributed by atoms with Crippen molar-refractivity contribution < 1.29 is 9.90 Å². The Morgan fingerprint density at radius 3 is 2.67 bits per heavy atom. The van der Waals surface area contributed by atoms with Crippen molar-refractivity contribution in [3.8, 4) is 0 Å². The predicted octanol–water partition coefficient (Wildman–Crippen LogP) is 2.95. The SMILES string of the molecule is Cc1ccccc1SC(C(=O)O)C1CC1. The van der Waals surface area contributed by atoms with Crippen molar-refractivity contribution >= 4 is 17.7 Å². The highest BCUT2D eigenvalue weighted by molar-refractivity contribution is 8.00. The van der Waals surface area contributed by atoms with Gasteiger partial charge in [0.15, 0.2) is 0 Å². The van der Waals surface area contributed by atoms with Crippen molar-refractivity contribution in [2.75, 3.05) is 0 Å². The van der Waals surface area contributed by atoms with Gasteiger partial charge >= 0.3 is 5.97 Å². The number of hydrogen-bond donors (Lipinski definition) is 1. The minimum Gasteiger partial charge on any atom is -0.480 e. The Labute approximate surface area is 93.7 Å². The first kappa shape index (κ1) is 10.6. The van der Waals surface area contributed by atoms with Crippen LogP contribution < -0.4 is 0 Å². The zero-order valence-corrected chi connectivity index (χ0v) is 9.46. The molecular formula is C12H14O2S. The van der Waals surface area contributed by atoms with E-state index in [0.29, 0.717) is 5.92 Å². The first-order chi connectivity index (χ1) is 7.18. The van der Waals surface area contributed by atoms with Gasteiger partial charge in [0.1, 0.15) is 5.25 Å². The van der Waals surface area contributed by atoms with Gasteiger partial charge in [-0.15, -0.1) is 11.8 Å². The molecule has 1 aromatic carbocycles. The summed E-state index contributed by atoms with van der Waals surface area (Å²) < 4.78 is 0. The molecular weight excluding hydrogens is 208 g/mol. The van der Waals surface area contributed by atoms with Gasteiger partial charge in [0.2, 0.25) is 0 Å². The molecule has 0 aromatic heterocycles. The molecule has 1 N–H and O–H groups in total. The summed E-state index contributed by atoms with van der Waals surface area (Å²) in [5.74, 6) is -0.294. The van der Waals surface area contributed by atoms with Gasteiger partial charge in [0.25, 0.3) is 0 Å². The molecule has 0 amide bonds. The van der Waals surface area contributed by atoms with Crippen molar-refractivity contribution in [1.29, 1.82) is 0 Å². The second-order valence-corrected chi connectivity index (χ2v) is 5.16. The third-order valence-electron chi connectivity index (χ3n) is 2.64. The Bertz CT molecular complexity index is 372. The average molecular weight is 222 g/mol. The largest absolute Gasteiger partial charge is 0.480 e. The number of aryl methyl sites for hydroxylation is 1. The molecule has 80 valence electrons. The lowest BCUT2D eigenvalue weighted by molar-refractivity contribution is -0.136. The molecule has 1 fully saturated rings. The van der Waals surface area contributed by atoms with E-state index in [1.54, 1.807) is 0 Å². The molecule has 1 unspecified atom stereocenters. The maximum Gasteiger partial charge on any atom is 0.317 e. The Kier molecular flexibility index (Phi) is 3.00. The number of carboxylic acids is 1. The van der Waals surface area contributed by atoms with Crippen LogP contribution in [0.4, 0.5) is 0 Å². The fourth-order valence-corrected chi connectivity index (χ4v) is 2.82. The number of carboxylic acid groups (broad SMARTS) is 1. The highest BCUT2D eigenvalue weighted by atomic mass is 32.2. The van der Waals surface area contributed by atoms with E-state index >= 15 is 0 Å².